The van der Waals surface area contributed by atoms with Crippen molar-refractivity contribution in [3.05, 3.63) is 68.7 Å². The van der Waals surface area contributed by atoms with Gasteiger partial charge >= 0.3 is 0 Å². The number of nitro groups is 1. The molecule has 0 bridgehead atoms. The summed E-state index contributed by atoms with van der Waals surface area (Å²) in [7, 11) is 0. The Bertz CT molecular complexity index is 632. The van der Waals surface area contributed by atoms with Gasteiger partial charge in [0, 0.05) is 23.2 Å². The normalized spacial score (nSPS) is 10.3. The Kier molecular flexibility index (Phi) is 4.55. The predicted molar refractivity (Wildman–Crippen MR) is 76.8 cm³/mol. The van der Waals surface area contributed by atoms with Crippen LogP contribution < -0.4 is 10.5 Å². The minimum atomic E-state index is -0.426. The third kappa shape index (κ3) is 3.26. The van der Waals surface area contributed by atoms with E-state index in [0.29, 0.717) is 16.3 Å². The Morgan fingerprint density at radius 1 is 1.20 bits per heavy atom. The number of nitro benzene ring substituents is 1. The molecular weight excluding hydrogens is 280 g/mol. The summed E-state index contributed by atoms with van der Waals surface area (Å²) in [5, 5.41) is 11.5. The van der Waals surface area contributed by atoms with Gasteiger partial charge in [-0.2, -0.15) is 0 Å². The lowest BCUT2D eigenvalue weighted by Gasteiger charge is -2.11. The Hall–Kier alpha value is -2.11. The number of rotatable bonds is 5. The molecule has 0 fully saturated rings. The van der Waals surface area contributed by atoms with E-state index in [0.717, 1.165) is 5.56 Å². The van der Waals surface area contributed by atoms with E-state index in [1.807, 2.05) is 0 Å². The summed E-state index contributed by atoms with van der Waals surface area (Å²) in [5.74, 6) is 0.579. The van der Waals surface area contributed by atoms with Crippen LogP contribution in [0.4, 0.5) is 5.69 Å². The highest BCUT2D eigenvalue weighted by Crippen LogP contribution is 2.25. The minimum absolute atomic E-state index is 0.0377. The lowest BCUT2D eigenvalue weighted by molar-refractivity contribution is -0.385. The molecule has 2 aromatic carbocycles. The first-order valence-corrected chi connectivity index (χ1v) is 6.33. The van der Waals surface area contributed by atoms with Crippen molar-refractivity contribution in [2.24, 2.45) is 5.73 Å². The van der Waals surface area contributed by atoms with Gasteiger partial charge in [-0.05, 0) is 24.3 Å². The van der Waals surface area contributed by atoms with E-state index in [1.54, 1.807) is 36.4 Å². The van der Waals surface area contributed by atoms with Crippen LogP contribution in [-0.4, -0.2) is 4.92 Å². The van der Waals surface area contributed by atoms with E-state index < -0.39 is 4.92 Å². The number of halogens is 1. The molecule has 2 N–H and O–H groups in total. The van der Waals surface area contributed by atoms with E-state index in [1.165, 1.54) is 6.07 Å². The van der Waals surface area contributed by atoms with E-state index in [9.17, 15) is 10.1 Å². The zero-order valence-corrected chi connectivity index (χ0v) is 11.3. The van der Waals surface area contributed by atoms with Gasteiger partial charge in [-0.3, -0.25) is 10.1 Å². The van der Waals surface area contributed by atoms with Crippen molar-refractivity contribution in [2.75, 3.05) is 0 Å². The second-order valence-electron chi connectivity index (χ2n) is 4.13. The second kappa shape index (κ2) is 6.36. The fourth-order valence-electron chi connectivity index (χ4n) is 1.81. The first-order chi connectivity index (χ1) is 9.61. The Morgan fingerprint density at radius 2 is 1.95 bits per heavy atom. The monoisotopic (exact) mass is 292 g/mol. The summed E-state index contributed by atoms with van der Waals surface area (Å²) >= 11 is 5.88. The molecule has 0 saturated heterocycles. The molecule has 0 amide bonds. The van der Waals surface area contributed by atoms with Crippen LogP contribution >= 0.6 is 11.6 Å². The van der Waals surface area contributed by atoms with Crippen LogP contribution in [0.3, 0.4) is 0 Å². The Balaban J connectivity index is 2.19. The molecule has 0 aliphatic rings. The summed E-state index contributed by atoms with van der Waals surface area (Å²) in [6, 6.07) is 11.6. The number of hydrogen-bond acceptors (Lipinski definition) is 4. The minimum Gasteiger partial charge on any atom is -0.488 e. The SMILES string of the molecule is NCc1cc(Cl)ccc1OCc1ccccc1[N+](=O)[O-]. The smallest absolute Gasteiger partial charge is 0.276 e. The zero-order chi connectivity index (χ0) is 14.5. The van der Waals surface area contributed by atoms with Gasteiger partial charge in [-0.1, -0.05) is 23.7 Å². The lowest BCUT2D eigenvalue weighted by atomic mass is 10.2. The van der Waals surface area contributed by atoms with Crippen LogP contribution in [0.15, 0.2) is 42.5 Å². The van der Waals surface area contributed by atoms with Crippen LogP contribution in [0.2, 0.25) is 5.02 Å². The van der Waals surface area contributed by atoms with E-state index >= 15 is 0 Å². The average Bonchev–Trinajstić information content (AvgIpc) is 2.46. The molecule has 0 aromatic heterocycles. The largest absolute Gasteiger partial charge is 0.488 e. The molecule has 5 nitrogen and oxygen atoms in total. The highest BCUT2D eigenvalue weighted by molar-refractivity contribution is 6.30. The number of nitrogens with two attached hydrogens (primary N) is 1. The molecule has 0 saturated carbocycles. The first-order valence-electron chi connectivity index (χ1n) is 5.95. The van der Waals surface area contributed by atoms with Gasteiger partial charge in [0.1, 0.15) is 12.4 Å². The van der Waals surface area contributed by atoms with E-state index in [4.69, 9.17) is 22.1 Å². The quantitative estimate of drug-likeness (QED) is 0.677. The van der Waals surface area contributed by atoms with E-state index in [2.05, 4.69) is 0 Å². The molecule has 6 heteroatoms. The maximum atomic E-state index is 10.9. The van der Waals surface area contributed by atoms with Crippen molar-refractivity contribution in [1.82, 2.24) is 0 Å². The lowest BCUT2D eigenvalue weighted by Crippen LogP contribution is -2.04. The third-order valence-electron chi connectivity index (χ3n) is 2.81. The van der Waals surface area contributed by atoms with Crippen molar-refractivity contribution in [3.8, 4) is 5.75 Å². The molecular formula is C14H13ClN2O3. The molecule has 0 atom stereocenters. The number of hydrogen-bond donors (Lipinski definition) is 1. The molecule has 0 spiro atoms. The first kappa shape index (κ1) is 14.3. The van der Waals surface area contributed by atoms with Gasteiger partial charge in [0.05, 0.1) is 10.5 Å². The topological polar surface area (TPSA) is 78.4 Å². The van der Waals surface area contributed by atoms with Crippen molar-refractivity contribution >= 4 is 17.3 Å². The molecule has 2 aromatic rings. The van der Waals surface area contributed by atoms with Crippen molar-refractivity contribution in [2.45, 2.75) is 13.2 Å². The number of benzene rings is 2. The summed E-state index contributed by atoms with van der Waals surface area (Å²) in [6.45, 7) is 0.387. The molecule has 20 heavy (non-hydrogen) atoms. The number of ether oxygens (including phenoxy) is 1. The van der Waals surface area contributed by atoms with Crippen LogP contribution in [0.25, 0.3) is 0 Å². The van der Waals surface area contributed by atoms with Gasteiger partial charge in [-0.25, -0.2) is 0 Å². The van der Waals surface area contributed by atoms with Gasteiger partial charge in [-0.15, -0.1) is 0 Å². The fraction of sp³-hybridized carbons (Fsp3) is 0.143. The third-order valence-corrected chi connectivity index (χ3v) is 3.05. The molecule has 104 valence electrons. The molecule has 0 aliphatic heterocycles. The zero-order valence-electron chi connectivity index (χ0n) is 10.6. The molecule has 0 heterocycles. The van der Waals surface area contributed by atoms with Gasteiger partial charge in [0.2, 0.25) is 0 Å². The Labute approximate surface area is 121 Å². The Morgan fingerprint density at radius 3 is 2.65 bits per heavy atom. The average molecular weight is 293 g/mol. The van der Waals surface area contributed by atoms with Crippen molar-refractivity contribution in [1.29, 1.82) is 0 Å². The van der Waals surface area contributed by atoms with Crippen LogP contribution in [0.5, 0.6) is 5.75 Å². The van der Waals surface area contributed by atoms with Crippen LogP contribution in [0.1, 0.15) is 11.1 Å². The fourth-order valence-corrected chi connectivity index (χ4v) is 2.01. The molecule has 0 unspecified atom stereocenters. The maximum absolute atomic E-state index is 10.9. The number of nitrogens with zero attached hydrogens (tertiary/aromatic N) is 1. The highest BCUT2D eigenvalue weighted by Gasteiger charge is 2.13. The van der Waals surface area contributed by atoms with Crippen molar-refractivity contribution < 1.29 is 9.66 Å². The van der Waals surface area contributed by atoms with Gasteiger partial charge in [0.25, 0.3) is 5.69 Å². The molecule has 0 radical (unpaired) electrons. The van der Waals surface area contributed by atoms with Gasteiger partial charge in [0.15, 0.2) is 0 Å². The van der Waals surface area contributed by atoms with Crippen LogP contribution in [-0.2, 0) is 13.2 Å². The summed E-state index contributed by atoms with van der Waals surface area (Å²) in [5.41, 5.74) is 6.93. The standard InChI is InChI=1S/C14H13ClN2O3/c15-12-5-6-14(11(7-12)8-16)20-9-10-3-1-2-4-13(10)17(18)19/h1-7H,8-9,16H2. The van der Waals surface area contributed by atoms with Gasteiger partial charge < -0.3 is 10.5 Å². The summed E-state index contributed by atoms with van der Waals surface area (Å²) in [4.78, 5) is 10.5. The summed E-state index contributed by atoms with van der Waals surface area (Å²) < 4.78 is 5.62. The van der Waals surface area contributed by atoms with Crippen LogP contribution in [0, 0.1) is 10.1 Å². The molecule has 0 aliphatic carbocycles. The predicted octanol–water partition coefficient (Wildman–Crippen LogP) is 3.29. The number of para-hydroxylation sites is 1. The van der Waals surface area contributed by atoms with E-state index in [-0.39, 0.29) is 18.8 Å². The summed E-state index contributed by atoms with van der Waals surface area (Å²) in [6.07, 6.45) is 0. The highest BCUT2D eigenvalue weighted by atomic mass is 35.5. The molecule has 2 rings (SSSR count). The second-order valence-corrected chi connectivity index (χ2v) is 4.57. The van der Waals surface area contributed by atoms with Crippen molar-refractivity contribution in [3.63, 3.8) is 0 Å². The maximum Gasteiger partial charge on any atom is 0.276 e.